The van der Waals surface area contributed by atoms with E-state index in [2.05, 4.69) is 9.97 Å². The Morgan fingerprint density at radius 3 is 2.41 bits per heavy atom. The molecule has 0 fully saturated rings. The lowest BCUT2D eigenvalue weighted by atomic mass is 10.1. The van der Waals surface area contributed by atoms with Gasteiger partial charge in [-0.2, -0.15) is 4.98 Å². The second-order valence-electron chi connectivity index (χ2n) is 5.91. The van der Waals surface area contributed by atoms with E-state index in [9.17, 15) is 0 Å². The van der Waals surface area contributed by atoms with E-state index in [4.69, 9.17) is 10.5 Å². The number of para-hydroxylation sites is 1. The molecule has 27 heavy (non-hydrogen) atoms. The Kier molecular flexibility index (Phi) is 5.71. The van der Waals surface area contributed by atoms with Crippen molar-refractivity contribution in [2.45, 2.75) is 27.4 Å². The average molecular weight is 360 g/mol. The summed E-state index contributed by atoms with van der Waals surface area (Å²) < 4.78 is 7.91. The van der Waals surface area contributed by atoms with E-state index in [1.54, 1.807) is 0 Å². The molecular weight excluding hydrogens is 336 g/mol. The van der Waals surface area contributed by atoms with E-state index >= 15 is 0 Å². The quantitative estimate of drug-likeness (QED) is 0.562. The summed E-state index contributed by atoms with van der Waals surface area (Å²) in [6.45, 7) is 6.44. The first-order chi connectivity index (χ1) is 13.2. The molecule has 2 aromatic heterocycles. The summed E-state index contributed by atoms with van der Waals surface area (Å²) in [7, 11) is 0. The highest BCUT2D eigenvalue weighted by Crippen LogP contribution is 2.30. The van der Waals surface area contributed by atoms with Crippen molar-refractivity contribution in [2.24, 2.45) is 0 Å². The number of nitrogens with two attached hydrogens (primary N) is 1. The highest BCUT2D eigenvalue weighted by molar-refractivity contribution is 5.68. The number of anilines is 1. The molecule has 0 bridgehead atoms. The highest BCUT2D eigenvalue weighted by Gasteiger charge is 2.12. The fourth-order valence-electron chi connectivity index (χ4n) is 2.70. The lowest BCUT2D eigenvalue weighted by Gasteiger charge is -2.10. The summed E-state index contributed by atoms with van der Waals surface area (Å²) >= 11 is 0. The normalized spacial score (nSPS) is 10.3. The molecular formula is C22H24N4O. The topological polar surface area (TPSA) is 65.4 Å². The molecule has 2 N–H and O–H groups in total. The third kappa shape index (κ3) is 4.08. The van der Waals surface area contributed by atoms with Crippen LogP contribution < -0.4 is 10.5 Å². The van der Waals surface area contributed by atoms with Crippen LogP contribution in [0.5, 0.6) is 5.75 Å². The molecule has 0 spiro atoms. The molecule has 0 aliphatic heterocycles. The summed E-state index contributed by atoms with van der Waals surface area (Å²) in [5.41, 5.74) is 9.67. The Hall–Kier alpha value is -3.34. The van der Waals surface area contributed by atoms with Gasteiger partial charge >= 0.3 is 0 Å². The predicted molar refractivity (Wildman–Crippen MR) is 110 cm³/mol. The number of hydrogen-bond donors (Lipinski definition) is 1. The number of rotatable bonds is 4. The molecule has 0 saturated heterocycles. The van der Waals surface area contributed by atoms with Crippen LogP contribution in [-0.2, 0) is 6.61 Å². The number of fused-ring (bicyclic) bond motifs is 1. The van der Waals surface area contributed by atoms with Gasteiger partial charge in [-0.1, -0.05) is 56.3 Å². The largest absolute Gasteiger partial charge is 0.488 e. The number of benzene rings is 2. The maximum Gasteiger partial charge on any atom is 0.236 e. The Bertz CT molecular complexity index is 986. The van der Waals surface area contributed by atoms with Gasteiger partial charge in [0.25, 0.3) is 0 Å². The summed E-state index contributed by atoms with van der Waals surface area (Å²) in [6.07, 6.45) is 3.88. The fourth-order valence-corrected chi connectivity index (χ4v) is 2.70. The van der Waals surface area contributed by atoms with E-state index in [1.165, 1.54) is 0 Å². The standard InChI is InChI=1S/C20H18N4O.C2H6/c1-14-11-24-12-17(22-20(24)23-19(14)21)16-9-5-6-10-18(16)25-13-15-7-3-2-4-8-15;1-2/h2-12H,13H2,1H3,(H2,21,22,23);1-2H3. The zero-order chi connectivity index (χ0) is 19.2. The molecule has 2 heterocycles. The van der Waals surface area contributed by atoms with Crippen LogP contribution in [0, 0.1) is 6.92 Å². The second-order valence-corrected chi connectivity index (χ2v) is 5.91. The van der Waals surface area contributed by atoms with Gasteiger partial charge in [0.05, 0.1) is 5.69 Å². The summed E-state index contributed by atoms with van der Waals surface area (Å²) in [5, 5.41) is 0. The number of aryl methyl sites for hydroxylation is 1. The molecule has 4 aromatic rings. The molecule has 0 amide bonds. The van der Waals surface area contributed by atoms with Gasteiger partial charge in [-0.25, -0.2) is 4.98 Å². The van der Waals surface area contributed by atoms with Crippen LogP contribution >= 0.6 is 0 Å². The first-order valence-corrected chi connectivity index (χ1v) is 9.08. The minimum Gasteiger partial charge on any atom is -0.488 e. The number of hydrogen-bond acceptors (Lipinski definition) is 4. The number of aromatic nitrogens is 3. The predicted octanol–water partition coefficient (Wildman–Crippen LogP) is 4.89. The van der Waals surface area contributed by atoms with Crippen LogP contribution in [0.25, 0.3) is 17.0 Å². The van der Waals surface area contributed by atoms with Crippen molar-refractivity contribution < 1.29 is 4.74 Å². The van der Waals surface area contributed by atoms with Gasteiger partial charge in [-0.3, -0.25) is 4.40 Å². The lowest BCUT2D eigenvalue weighted by molar-refractivity contribution is 0.307. The van der Waals surface area contributed by atoms with E-state index in [-0.39, 0.29) is 0 Å². The molecule has 138 valence electrons. The minimum absolute atomic E-state index is 0.498. The van der Waals surface area contributed by atoms with Crippen molar-refractivity contribution in [2.75, 3.05) is 5.73 Å². The van der Waals surface area contributed by atoms with E-state index in [1.807, 2.05) is 92.2 Å². The van der Waals surface area contributed by atoms with Crippen molar-refractivity contribution in [3.05, 3.63) is 78.1 Å². The Morgan fingerprint density at radius 2 is 1.63 bits per heavy atom. The molecule has 0 atom stereocenters. The summed E-state index contributed by atoms with van der Waals surface area (Å²) in [4.78, 5) is 8.93. The third-order valence-electron chi connectivity index (χ3n) is 4.07. The van der Waals surface area contributed by atoms with E-state index in [0.29, 0.717) is 18.2 Å². The van der Waals surface area contributed by atoms with Gasteiger partial charge in [0.1, 0.15) is 18.2 Å². The Labute approximate surface area is 159 Å². The molecule has 0 aliphatic rings. The number of imidazole rings is 1. The van der Waals surface area contributed by atoms with E-state index < -0.39 is 0 Å². The lowest BCUT2D eigenvalue weighted by Crippen LogP contribution is -1.97. The van der Waals surface area contributed by atoms with Crippen LogP contribution in [0.4, 0.5) is 5.82 Å². The van der Waals surface area contributed by atoms with Gasteiger partial charge < -0.3 is 10.5 Å². The first-order valence-electron chi connectivity index (χ1n) is 9.08. The molecule has 0 radical (unpaired) electrons. The average Bonchev–Trinajstić information content (AvgIpc) is 3.12. The zero-order valence-electron chi connectivity index (χ0n) is 15.9. The van der Waals surface area contributed by atoms with Gasteiger partial charge in [0.2, 0.25) is 5.78 Å². The molecule has 0 saturated carbocycles. The van der Waals surface area contributed by atoms with Crippen molar-refractivity contribution >= 4 is 11.6 Å². The molecule has 0 aliphatic carbocycles. The maximum atomic E-state index is 6.03. The van der Waals surface area contributed by atoms with Crippen molar-refractivity contribution in [1.29, 1.82) is 0 Å². The van der Waals surface area contributed by atoms with Gasteiger partial charge in [0.15, 0.2) is 0 Å². The monoisotopic (exact) mass is 360 g/mol. The second kappa shape index (κ2) is 8.36. The molecule has 5 nitrogen and oxygen atoms in total. The van der Waals surface area contributed by atoms with Crippen LogP contribution in [0.3, 0.4) is 0 Å². The Morgan fingerprint density at radius 1 is 0.926 bits per heavy atom. The number of ether oxygens (including phenoxy) is 1. The Balaban J connectivity index is 0.00000102. The van der Waals surface area contributed by atoms with E-state index in [0.717, 1.165) is 28.1 Å². The van der Waals surface area contributed by atoms with Gasteiger partial charge in [-0.15, -0.1) is 0 Å². The van der Waals surface area contributed by atoms with Crippen LogP contribution in [0.15, 0.2) is 67.0 Å². The van der Waals surface area contributed by atoms with Crippen LogP contribution in [-0.4, -0.2) is 14.4 Å². The number of nitrogens with zero attached hydrogens (tertiary/aromatic N) is 3. The molecule has 2 aromatic carbocycles. The summed E-state index contributed by atoms with van der Waals surface area (Å²) in [6, 6.07) is 18.0. The van der Waals surface area contributed by atoms with Crippen molar-refractivity contribution in [1.82, 2.24) is 14.4 Å². The first kappa shape index (κ1) is 18.5. The van der Waals surface area contributed by atoms with Gasteiger partial charge in [-0.05, 0) is 24.6 Å². The smallest absolute Gasteiger partial charge is 0.236 e. The maximum absolute atomic E-state index is 6.03. The summed E-state index contributed by atoms with van der Waals surface area (Å²) in [5.74, 6) is 1.87. The van der Waals surface area contributed by atoms with Crippen molar-refractivity contribution in [3.63, 3.8) is 0 Å². The highest BCUT2D eigenvalue weighted by atomic mass is 16.5. The third-order valence-corrected chi connectivity index (χ3v) is 4.07. The molecule has 5 heteroatoms. The molecule has 4 rings (SSSR count). The van der Waals surface area contributed by atoms with Gasteiger partial charge in [0, 0.05) is 23.5 Å². The molecule has 0 unspecified atom stereocenters. The van der Waals surface area contributed by atoms with Crippen LogP contribution in [0.1, 0.15) is 25.0 Å². The van der Waals surface area contributed by atoms with Crippen molar-refractivity contribution in [3.8, 4) is 17.0 Å². The number of nitrogen functional groups attached to an aromatic ring is 1. The zero-order valence-corrected chi connectivity index (χ0v) is 15.9. The van der Waals surface area contributed by atoms with Crippen LogP contribution in [0.2, 0.25) is 0 Å². The minimum atomic E-state index is 0.498. The fraction of sp³-hybridized carbons (Fsp3) is 0.182. The SMILES string of the molecule is CC.Cc1cn2cc(-c3ccccc3OCc3ccccc3)nc2nc1N.